The second kappa shape index (κ2) is 8.29. The topological polar surface area (TPSA) is 48.0 Å². The van der Waals surface area contributed by atoms with Gasteiger partial charge in [0, 0.05) is 18.7 Å². The predicted octanol–water partition coefficient (Wildman–Crippen LogP) is 3.83. The van der Waals surface area contributed by atoms with Crippen molar-refractivity contribution < 1.29 is 23.4 Å². The SMILES string of the molecule is CCOc1cc2c(cc1OCC)CN(C(=O)c1ccc(OC)c(F)c1)CC2. The van der Waals surface area contributed by atoms with E-state index in [1.807, 2.05) is 26.0 Å². The van der Waals surface area contributed by atoms with Gasteiger partial charge >= 0.3 is 0 Å². The van der Waals surface area contributed by atoms with E-state index in [0.717, 1.165) is 16.9 Å². The van der Waals surface area contributed by atoms with Crippen molar-refractivity contribution in [2.75, 3.05) is 26.9 Å². The predicted molar refractivity (Wildman–Crippen MR) is 100 cm³/mol. The van der Waals surface area contributed by atoms with E-state index in [1.54, 1.807) is 11.0 Å². The molecule has 3 rings (SSSR count). The Kier molecular flexibility index (Phi) is 5.84. The number of halogens is 1. The Morgan fingerprint density at radius 3 is 2.30 bits per heavy atom. The molecule has 2 aromatic carbocycles. The van der Waals surface area contributed by atoms with Crippen LogP contribution in [0.25, 0.3) is 0 Å². The molecule has 2 aromatic rings. The van der Waals surface area contributed by atoms with Gasteiger partial charge in [-0.25, -0.2) is 4.39 Å². The van der Waals surface area contributed by atoms with Crippen molar-refractivity contribution in [1.82, 2.24) is 4.90 Å². The normalized spacial score (nSPS) is 13.1. The minimum Gasteiger partial charge on any atom is -0.494 e. The van der Waals surface area contributed by atoms with Crippen LogP contribution in [-0.4, -0.2) is 37.7 Å². The van der Waals surface area contributed by atoms with E-state index in [2.05, 4.69) is 0 Å². The molecule has 1 aliphatic rings. The quantitative estimate of drug-likeness (QED) is 0.772. The number of amides is 1. The molecule has 0 saturated carbocycles. The van der Waals surface area contributed by atoms with Gasteiger partial charge in [-0.2, -0.15) is 0 Å². The molecule has 0 fully saturated rings. The third kappa shape index (κ3) is 3.99. The molecule has 5 nitrogen and oxygen atoms in total. The highest BCUT2D eigenvalue weighted by molar-refractivity contribution is 5.94. The number of nitrogens with zero attached hydrogens (tertiary/aromatic N) is 1. The maximum Gasteiger partial charge on any atom is 0.254 e. The van der Waals surface area contributed by atoms with E-state index >= 15 is 0 Å². The molecule has 1 heterocycles. The Balaban J connectivity index is 1.83. The summed E-state index contributed by atoms with van der Waals surface area (Å²) in [5.41, 5.74) is 2.48. The number of fused-ring (bicyclic) bond motifs is 1. The molecular weight excluding hydrogens is 349 g/mol. The molecule has 0 aromatic heterocycles. The Hall–Kier alpha value is -2.76. The fraction of sp³-hybridized carbons (Fsp3) is 0.381. The summed E-state index contributed by atoms with van der Waals surface area (Å²) >= 11 is 0. The lowest BCUT2D eigenvalue weighted by Gasteiger charge is -2.30. The van der Waals surface area contributed by atoms with Crippen LogP contribution >= 0.6 is 0 Å². The lowest BCUT2D eigenvalue weighted by atomic mass is 9.98. The second-order valence-electron chi connectivity index (χ2n) is 6.26. The van der Waals surface area contributed by atoms with Crippen molar-refractivity contribution in [3.8, 4) is 17.2 Å². The maximum atomic E-state index is 13.9. The van der Waals surface area contributed by atoms with Crippen LogP contribution in [0.1, 0.15) is 35.3 Å². The number of carbonyl (C=O) groups is 1. The first-order valence-corrected chi connectivity index (χ1v) is 9.11. The van der Waals surface area contributed by atoms with Gasteiger partial charge in [-0.05, 0) is 61.7 Å². The fourth-order valence-electron chi connectivity index (χ4n) is 3.26. The Morgan fingerprint density at radius 2 is 1.70 bits per heavy atom. The Labute approximate surface area is 158 Å². The van der Waals surface area contributed by atoms with Crippen LogP contribution < -0.4 is 14.2 Å². The zero-order chi connectivity index (χ0) is 19.4. The summed E-state index contributed by atoms with van der Waals surface area (Å²) in [7, 11) is 1.40. The molecule has 0 N–H and O–H groups in total. The number of hydrogen-bond donors (Lipinski definition) is 0. The van der Waals surface area contributed by atoms with Gasteiger partial charge in [0.25, 0.3) is 5.91 Å². The Bertz CT molecular complexity index is 837. The van der Waals surface area contributed by atoms with Crippen molar-refractivity contribution in [3.63, 3.8) is 0 Å². The number of ether oxygens (including phenoxy) is 3. The van der Waals surface area contributed by atoms with E-state index < -0.39 is 5.82 Å². The monoisotopic (exact) mass is 373 g/mol. The lowest BCUT2D eigenvalue weighted by Crippen LogP contribution is -2.36. The summed E-state index contributed by atoms with van der Waals surface area (Å²) in [5, 5.41) is 0. The van der Waals surface area contributed by atoms with Gasteiger partial charge in [0.05, 0.1) is 20.3 Å². The maximum absolute atomic E-state index is 13.9. The van der Waals surface area contributed by atoms with Crippen LogP contribution in [-0.2, 0) is 13.0 Å². The van der Waals surface area contributed by atoms with Gasteiger partial charge in [0.1, 0.15) is 0 Å². The third-order valence-corrected chi connectivity index (χ3v) is 4.56. The number of rotatable bonds is 6. The molecule has 0 atom stereocenters. The van der Waals surface area contributed by atoms with Crippen molar-refractivity contribution in [1.29, 1.82) is 0 Å². The number of benzene rings is 2. The first-order chi connectivity index (χ1) is 13.1. The van der Waals surface area contributed by atoms with E-state index in [-0.39, 0.29) is 11.7 Å². The third-order valence-electron chi connectivity index (χ3n) is 4.56. The summed E-state index contributed by atoms with van der Waals surface area (Å²) in [6.07, 6.45) is 0.714. The molecule has 6 heteroatoms. The van der Waals surface area contributed by atoms with E-state index in [0.29, 0.717) is 44.0 Å². The number of methoxy groups -OCH3 is 1. The molecule has 27 heavy (non-hydrogen) atoms. The highest BCUT2D eigenvalue weighted by Crippen LogP contribution is 2.34. The van der Waals surface area contributed by atoms with E-state index in [9.17, 15) is 9.18 Å². The number of hydrogen-bond acceptors (Lipinski definition) is 4. The second-order valence-corrected chi connectivity index (χ2v) is 6.26. The van der Waals surface area contributed by atoms with E-state index in [4.69, 9.17) is 14.2 Å². The summed E-state index contributed by atoms with van der Waals surface area (Å²) in [4.78, 5) is 14.5. The summed E-state index contributed by atoms with van der Waals surface area (Å²) in [6.45, 7) is 5.97. The molecular formula is C21H24FNO4. The average molecular weight is 373 g/mol. The van der Waals surface area contributed by atoms with Crippen LogP contribution in [0.4, 0.5) is 4.39 Å². The van der Waals surface area contributed by atoms with Gasteiger partial charge in [-0.3, -0.25) is 4.79 Å². The van der Waals surface area contributed by atoms with Crippen molar-refractivity contribution in [3.05, 3.63) is 52.8 Å². The van der Waals surface area contributed by atoms with Gasteiger partial charge in [0.2, 0.25) is 0 Å². The van der Waals surface area contributed by atoms with Crippen LogP contribution in [0.3, 0.4) is 0 Å². The van der Waals surface area contributed by atoms with Gasteiger partial charge in [-0.1, -0.05) is 0 Å². The number of carbonyl (C=O) groups excluding carboxylic acids is 1. The standard InChI is InChI=1S/C21H24FNO4/c1-4-26-19-11-14-8-9-23(13-16(14)12-20(19)27-5-2)21(24)15-6-7-18(25-3)17(22)10-15/h6-7,10-12H,4-5,8-9,13H2,1-3H3. The minimum absolute atomic E-state index is 0.125. The van der Waals surface area contributed by atoms with Crippen molar-refractivity contribution in [2.45, 2.75) is 26.8 Å². The minimum atomic E-state index is -0.541. The highest BCUT2D eigenvalue weighted by atomic mass is 19.1. The van der Waals surface area contributed by atoms with Crippen LogP contribution in [0.5, 0.6) is 17.2 Å². The Morgan fingerprint density at radius 1 is 1.04 bits per heavy atom. The smallest absolute Gasteiger partial charge is 0.254 e. The van der Waals surface area contributed by atoms with Crippen molar-refractivity contribution in [2.24, 2.45) is 0 Å². The van der Waals surface area contributed by atoms with Gasteiger partial charge < -0.3 is 19.1 Å². The highest BCUT2D eigenvalue weighted by Gasteiger charge is 2.24. The largest absolute Gasteiger partial charge is 0.494 e. The van der Waals surface area contributed by atoms with Crippen molar-refractivity contribution >= 4 is 5.91 Å². The van der Waals surface area contributed by atoms with E-state index in [1.165, 1.54) is 19.2 Å². The first-order valence-electron chi connectivity index (χ1n) is 9.11. The van der Waals surface area contributed by atoms with Crippen LogP contribution in [0.15, 0.2) is 30.3 Å². The molecule has 0 aliphatic carbocycles. The molecule has 1 aliphatic heterocycles. The molecule has 1 amide bonds. The summed E-state index contributed by atoms with van der Waals surface area (Å²) < 4.78 is 30.2. The summed E-state index contributed by atoms with van der Waals surface area (Å²) in [5.74, 6) is 0.799. The lowest BCUT2D eigenvalue weighted by molar-refractivity contribution is 0.0733. The van der Waals surface area contributed by atoms with Crippen LogP contribution in [0, 0.1) is 5.82 Å². The molecule has 0 saturated heterocycles. The van der Waals surface area contributed by atoms with Gasteiger partial charge in [0.15, 0.2) is 23.1 Å². The fourth-order valence-corrected chi connectivity index (χ4v) is 3.26. The average Bonchev–Trinajstić information content (AvgIpc) is 2.68. The summed E-state index contributed by atoms with van der Waals surface area (Å²) in [6, 6.07) is 8.22. The molecule has 0 spiro atoms. The van der Waals surface area contributed by atoms with Gasteiger partial charge in [-0.15, -0.1) is 0 Å². The molecule has 144 valence electrons. The first kappa shape index (κ1) is 19.0. The zero-order valence-electron chi connectivity index (χ0n) is 15.9. The zero-order valence-corrected chi connectivity index (χ0v) is 15.9. The van der Waals surface area contributed by atoms with Crippen LogP contribution in [0.2, 0.25) is 0 Å². The molecule has 0 unspecified atom stereocenters. The molecule has 0 radical (unpaired) electrons. The molecule has 0 bridgehead atoms.